The Morgan fingerprint density at radius 2 is 0.904 bits per heavy atom. The van der Waals surface area contributed by atoms with Crippen molar-refractivity contribution in [3.63, 3.8) is 0 Å². The number of hydrogen-bond donors (Lipinski definition) is 5. The SMILES string of the molecule is C[Si](C)(CCCNC(=O)CCCCC(=O)ON)O[Si]1(O[Si](C)(C)CCCNC(=O)C[N+](CCCS(=O)(=O)[O-])(CCCS(=O)(=O)ON)CCCS(=O)(=O)ON)n2c3c4ccccc4c2N=C2N=C(N=c4c5ccccc5c(n41)=NC1=NC(=N3)c3ccccc31)c1ccccc12. The molecule has 0 saturated heterocycles. The number of nitrogens with two attached hydrogens (primary N) is 3. The number of carbonyl (C=O) groups is 3. The first-order valence-corrected chi connectivity index (χ1v) is 43.5. The summed E-state index contributed by atoms with van der Waals surface area (Å²) in [6.45, 7) is 8.07. The highest BCUT2D eigenvalue weighted by atomic mass is 32.2. The third kappa shape index (κ3) is 16.0. The maximum atomic E-state index is 14.4. The smallest absolute Gasteiger partial charge is 0.582 e. The van der Waals surface area contributed by atoms with Crippen LogP contribution in [0, 0.1) is 0 Å². The van der Waals surface area contributed by atoms with Crippen LogP contribution in [-0.2, 0) is 66.4 Å². The van der Waals surface area contributed by atoms with Crippen molar-refractivity contribution in [3.05, 3.63) is 130 Å². The van der Waals surface area contributed by atoms with Crippen LogP contribution in [0.15, 0.2) is 127 Å². The second-order valence-electron chi connectivity index (χ2n) is 24.7. The van der Waals surface area contributed by atoms with E-state index in [4.69, 9.17) is 55.9 Å². The van der Waals surface area contributed by atoms with E-state index < -0.39 is 85.0 Å². The third-order valence-electron chi connectivity index (χ3n) is 16.7. The molecule has 2 aromatic heterocycles. The number of fused-ring (bicyclic) bond motifs is 14. The van der Waals surface area contributed by atoms with Crippen LogP contribution in [0.5, 0.6) is 0 Å². The molecule has 6 heterocycles. The Labute approximate surface area is 547 Å². The Bertz CT molecular complexity index is 4360. The highest BCUT2D eigenvalue weighted by Gasteiger charge is 2.58. The molecular weight excluding hydrogens is 1330 g/mol. The van der Waals surface area contributed by atoms with E-state index in [1.807, 2.05) is 106 Å². The molecule has 0 fully saturated rings. The lowest BCUT2D eigenvalue weighted by Gasteiger charge is -2.43. The van der Waals surface area contributed by atoms with Gasteiger partial charge in [0.2, 0.25) is 5.91 Å². The van der Waals surface area contributed by atoms with E-state index in [1.54, 1.807) is 0 Å². The number of aliphatic imine (C=N–C) groups is 4. The van der Waals surface area contributed by atoms with Gasteiger partial charge in [-0.3, -0.25) is 22.8 Å². The number of nitrogens with one attached hydrogen (secondary N) is 2. The fourth-order valence-corrected chi connectivity index (χ4v) is 26.6. The number of rotatable bonds is 33. The molecule has 6 aromatic rings. The lowest BCUT2D eigenvalue weighted by atomic mass is 10.1. The average molecular weight is 1400 g/mol. The second kappa shape index (κ2) is 28.6. The standard InChI is InChI=1S/C59H76N14O15S3Si3/c1-92(2,38-15-30-63-49(74)28-13-14-29-51(76)84-60)87-94(88-93(3,4)39-16-31-64-50(75)40-73(32-17-35-89(77,78)79,33-18-36-90(80,81)85-61)34-19-37-91(82,83)86-62)71-56-45-24-9-10-25-46(45)58(71)69-54-43-22-7-8-23-44(43)55(66-54)70-59-48-27-12-11-26-47(48)57(72(59)94)68-53-42-21-6-5-20-41(42)52(65-53)67-56/h5-12,20-27H,13-19,28-40,60-62H2,1-4H3,(H2-,63,64,74,75,77,78,79). The van der Waals surface area contributed by atoms with Gasteiger partial charge in [0.15, 0.2) is 46.5 Å². The first-order chi connectivity index (χ1) is 44.7. The number of benzene rings is 4. The molecule has 8 N–H and O–H groups in total. The van der Waals surface area contributed by atoms with Crippen LogP contribution < -0.4 is 39.3 Å². The van der Waals surface area contributed by atoms with Crippen molar-refractivity contribution in [1.29, 1.82) is 0 Å². The lowest BCUT2D eigenvalue weighted by molar-refractivity contribution is -0.920. The van der Waals surface area contributed by atoms with Crippen LogP contribution in [0.1, 0.15) is 80.0 Å². The van der Waals surface area contributed by atoms with Crippen molar-refractivity contribution in [2.75, 3.05) is 56.5 Å². The normalized spacial score (nSPS) is 16.0. The van der Waals surface area contributed by atoms with E-state index in [0.717, 1.165) is 22.3 Å². The van der Waals surface area contributed by atoms with Gasteiger partial charge in [0.1, 0.15) is 22.6 Å². The van der Waals surface area contributed by atoms with Crippen LogP contribution in [0.3, 0.4) is 0 Å². The Kier molecular flexibility index (Phi) is 21.2. The average Bonchev–Trinajstić information content (AvgIpc) is 1.52. The van der Waals surface area contributed by atoms with Gasteiger partial charge in [-0.2, -0.15) is 43.1 Å². The quantitative estimate of drug-likeness (QED) is 0.0129. The molecule has 0 spiro atoms. The molecule has 4 aliphatic rings. The summed E-state index contributed by atoms with van der Waals surface area (Å²) in [4.78, 5) is 76.3. The van der Waals surface area contributed by atoms with E-state index in [2.05, 4.69) is 50.2 Å². The van der Waals surface area contributed by atoms with Crippen LogP contribution >= 0.6 is 0 Å². The van der Waals surface area contributed by atoms with Gasteiger partial charge in [-0.1, -0.05) is 97.1 Å². The largest absolute Gasteiger partial charge is 0.748 e. The molecule has 0 aliphatic carbocycles. The first-order valence-electron chi connectivity index (χ1n) is 30.8. The fraction of sp³-hybridized carbons (Fsp3) is 0.407. The van der Waals surface area contributed by atoms with Crippen LogP contribution in [0.25, 0.3) is 21.5 Å². The van der Waals surface area contributed by atoms with Gasteiger partial charge in [-0.15, -0.1) is 0 Å². The van der Waals surface area contributed by atoms with Crippen LogP contribution in [0.2, 0.25) is 38.3 Å². The van der Waals surface area contributed by atoms with Crippen molar-refractivity contribution in [2.45, 2.75) is 96.1 Å². The molecule has 502 valence electrons. The number of amides is 2. The molecule has 4 aromatic carbocycles. The van der Waals surface area contributed by atoms with E-state index in [9.17, 15) is 44.2 Å². The number of hydrogen-bond acceptors (Lipinski definition) is 24. The highest BCUT2D eigenvalue weighted by molar-refractivity contribution is 7.87. The molecule has 1 unspecified atom stereocenters. The van der Waals surface area contributed by atoms with Gasteiger partial charge < -0.3 is 32.7 Å². The van der Waals surface area contributed by atoms with Gasteiger partial charge in [0, 0.05) is 94.7 Å². The summed E-state index contributed by atoms with van der Waals surface area (Å²) in [5.74, 6) is 14.3. The van der Waals surface area contributed by atoms with E-state index in [0.29, 0.717) is 112 Å². The number of unbranched alkanes of at least 4 members (excludes halogenated alkanes) is 1. The molecule has 0 radical (unpaired) electrons. The van der Waals surface area contributed by atoms with E-state index in [-0.39, 0.29) is 75.2 Å². The summed E-state index contributed by atoms with van der Waals surface area (Å²) >= 11 is 0. The molecular formula is C59H76N14O15S3Si3. The van der Waals surface area contributed by atoms with Gasteiger partial charge in [-0.25, -0.2) is 38.4 Å². The zero-order valence-corrected chi connectivity index (χ0v) is 57.9. The minimum atomic E-state index is -4.76. The predicted molar refractivity (Wildman–Crippen MR) is 358 cm³/mol. The fourth-order valence-electron chi connectivity index (χ4n) is 12.4. The lowest BCUT2D eigenvalue weighted by Crippen LogP contribution is -2.70. The Balaban J connectivity index is 1.09. The summed E-state index contributed by atoms with van der Waals surface area (Å²) in [6.07, 6.45) is 1.50. The molecule has 4 aliphatic heterocycles. The summed E-state index contributed by atoms with van der Waals surface area (Å²) < 4.78 is 114. The molecule has 6 bridgehead atoms. The Hall–Kier alpha value is -7.21. The van der Waals surface area contributed by atoms with Gasteiger partial charge in [-0.05, 0) is 64.0 Å². The predicted octanol–water partition coefficient (Wildman–Crippen LogP) is 3.78. The number of aromatic nitrogens is 2. The summed E-state index contributed by atoms with van der Waals surface area (Å²) in [6, 6.07) is 32.1. The summed E-state index contributed by atoms with van der Waals surface area (Å²) in [7, 11) is -24.4. The molecule has 94 heavy (non-hydrogen) atoms. The first kappa shape index (κ1) is 69.6. The van der Waals surface area contributed by atoms with Crippen molar-refractivity contribution in [1.82, 2.24) is 19.1 Å². The van der Waals surface area contributed by atoms with Crippen molar-refractivity contribution < 1.29 is 70.3 Å². The molecule has 2 amide bonds. The van der Waals surface area contributed by atoms with Crippen molar-refractivity contribution in [3.8, 4) is 0 Å². The Morgan fingerprint density at radius 3 is 1.33 bits per heavy atom. The molecule has 29 nitrogen and oxygen atoms in total. The third-order valence-corrected chi connectivity index (χ3v) is 31.3. The van der Waals surface area contributed by atoms with E-state index >= 15 is 0 Å². The van der Waals surface area contributed by atoms with Crippen molar-refractivity contribution >= 4 is 130 Å². The summed E-state index contributed by atoms with van der Waals surface area (Å²) in [5, 5.41) is 8.89. The van der Waals surface area contributed by atoms with Gasteiger partial charge >= 0.3 is 14.9 Å². The minimum absolute atomic E-state index is 0.0793. The zero-order chi connectivity index (χ0) is 67.3. The number of amidine groups is 4. The number of quaternary nitrogens is 1. The maximum absolute atomic E-state index is 14.4. The molecule has 10 rings (SSSR count). The molecule has 35 heteroatoms. The second-order valence-corrected chi connectivity index (χ2v) is 41.3. The van der Waals surface area contributed by atoms with Gasteiger partial charge in [0.05, 0.1) is 41.3 Å². The van der Waals surface area contributed by atoms with Crippen LogP contribution in [-0.4, -0.2) is 166 Å². The number of nitrogens with zero attached hydrogens (tertiary/aromatic N) is 9. The maximum Gasteiger partial charge on any atom is 0.582 e. The van der Waals surface area contributed by atoms with Crippen LogP contribution in [0.4, 0.5) is 11.6 Å². The monoisotopic (exact) mass is 1400 g/mol. The summed E-state index contributed by atoms with van der Waals surface area (Å²) in [5.41, 5.74) is 3.87. The minimum Gasteiger partial charge on any atom is -0.748 e. The molecule has 1 atom stereocenters. The number of carbonyl (C=O) groups excluding carboxylic acids is 3. The topological polar surface area (TPSA) is 409 Å². The Morgan fingerprint density at radius 1 is 0.511 bits per heavy atom. The van der Waals surface area contributed by atoms with E-state index in [1.165, 1.54) is 0 Å². The highest BCUT2D eigenvalue weighted by Crippen LogP contribution is 2.45. The van der Waals surface area contributed by atoms with Gasteiger partial charge in [0.25, 0.3) is 26.1 Å². The molecule has 0 saturated carbocycles. The van der Waals surface area contributed by atoms with Crippen molar-refractivity contribution in [2.24, 2.45) is 47.6 Å². The zero-order valence-electron chi connectivity index (χ0n) is 52.5.